The topological polar surface area (TPSA) is 37.3 Å². The van der Waals surface area contributed by atoms with Crippen LogP contribution in [0.3, 0.4) is 0 Å². The summed E-state index contributed by atoms with van der Waals surface area (Å²) in [6, 6.07) is 12.1. The standard InChI is InChI=1S/C13H9ClO2/c14-12-6-5-9(7-13(12)16)11-4-2-1-3-10(11)8-15/h1-8,16H. The summed E-state index contributed by atoms with van der Waals surface area (Å²) >= 11 is 5.72. The monoisotopic (exact) mass is 232 g/mol. The molecule has 0 aliphatic rings. The van der Waals surface area contributed by atoms with Crippen LogP contribution in [0.5, 0.6) is 5.75 Å². The molecule has 80 valence electrons. The molecule has 0 bridgehead atoms. The van der Waals surface area contributed by atoms with Crippen LogP contribution in [-0.2, 0) is 0 Å². The first-order valence-corrected chi connectivity index (χ1v) is 5.13. The van der Waals surface area contributed by atoms with Gasteiger partial charge >= 0.3 is 0 Å². The van der Waals surface area contributed by atoms with E-state index in [9.17, 15) is 9.90 Å². The quantitative estimate of drug-likeness (QED) is 0.805. The second-order valence-electron chi connectivity index (χ2n) is 3.37. The van der Waals surface area contributed by atoms with Crippen LogP contribution in [0.1, 0.15) is 10.4 Å². The first-order chi connectivity index (χ1) is 7.72. The summed E-state index contributed by atoms with van der Waals surface area (Å²) in [4.78, 5) is 10.9. The van der Waals surface area contributed by atoms with E-state index in [0.29, 0.717) is 10.6 Å². The summed E-state index contributed by atoms with van der Waals surface area (Å²) < 4.78 is 0. The molecule has 0 atom stereocenters. The van der Waals surface area contributed by atoms with E-state index >= 15 is 0 Å². The Kier molecular flexibility index (Phi) is 2.93. The number of rotatable bonds is 2. The van der Waals surface area contributed by atoms with Gasteiger partial charge in [-0.15, -0.1) is 0 Å². The van der Waals surface area contributed by atoms with E-state index in [1.165, 1.54) is 0 Å². The average molecular weight is 233 g/mol. The predicted octanol–water partition coefficient (Wildman–Crippen LogP) is 3.53. The molecule has 0 saturated carbocycles. The highest BCUT2D eigenvalue weighted by Gasteiger charge is 2.06. The molecule has 3 heteroatoms. The van der Waals surface area contributed by atoms with E-state index in [1.54, 1.807) is 30.3 Å². The highest BCUT2D eigenvalue weighted by molar-refractivity contribution is 6.32. The number of hydrogen-bond acceptors (Lipinski definition) is 2. The Bertz CT molecular complexity index is 535. The minimum absolute atomic E-state index is 0.0138. The third kappa shape index (κ3) is 1.92. The molecule has 0 amide bonds. The Morgan fingerprint density at radius 3 is 2.56 bits per heavy atom. The van der Waals surface area contributed by atoms with Gasteiger partial charge < -0.3 is 5.11 Å². The van der Waals surface area contributed by atoms with Crippen LogP contribution in [0.4, 0.5) is 0 Å². The fourth-order valence-corrected chi connectivity index (χ4v) is 1.66. The van der Waals surface area contributed by atoms with Gasteiger partial charge in [0.25, 0.3) is 0 Å². The molecule has 0 aromatic heterocycles. The number of phenolic OH excluding ortho intramolecular Hbond substituents is 1. The third-order valence-electron chi connectivity index (χ3n) is 2.34. The van der Waals surface area contributed by atoms with Crippen LogP contribution in [-0.4, -0.2) is 11.4 Å². The van der Waals surface area contributed by atoms with Crippen LogP contribution >= 0.6 is 11.6 Å². The van der Waals surface area contributed by atoms with Gasteiger partial charge in [0.1, 0.15) is 5.75 Å². The summed E-state index contributed by atoms with van der Waals surface area (Å²) in [7, 11) is 0. The third-order valence-corrected chi connectivity index (χ3v) is 2.66. The molecule has 0 spiro atoms. The van der Waals surface area contributed by atoms with Crippen LogP contribution in [0.2, 0.25) is 5.02 Å². The van der Waals surface area contributed by atoms with Crippen molar-refractivity contribution in [2.24, 2.45) is 0 Å². The maximum atomic E-state index is 10.9. The van der Waals surface area contributed by atoms with Crippen molar-refractivity contribution in [2.75, 3.05) is 0 Å². The smallest absolute Gasteiger partial charge is 0.150 e. The lowest BCUT2D eigenvalue weighted by Crippen LogP contribution is -1.86. The van der Waals surface area contributed by atoms with Crippen molar-refractivity contribution < 1.29 is 9.90 Å². The minimum atomic E-state index is 0.0138. The number of phenols is 1. The zero-order valence-corrected chi connectivity index (χ0v) is 9.11. The predicted molar refractivity (Wildman–Crippen MR) is 63.9 cm³/mol. The first kappa shape index (κ1) is 10.7. The van der Waals surface area contributed by atoms with E-state index in [2.05, 4.69) is 0 Å². The van der Waals surface area contributed by atoms with Crippen molar-refractivity contribution in [1.29, 1.82) is 0 Å². The molecule has 0 aliphatic carbocycles. The molecule has 0 unspecified atom stereocenters. The highest BCUT2D eigenvalue weighted by atomic mass is 35.5. The second-order valence-corrected chi connectivity index (χ2v) is 3.78. The van der Waals surface area contributed by atoms with Crippen molar-refractivity contribution >= 4 is 17.9 Å². The van der Waals surface area contributed by atoms with E-state index < -0.39 is 0 Å². The molecule has 2 aromatic carbocycles. The summed E-state index contributed by atoms with van der Waals surface area (Å²) in [5.41, 5.74) is 2.14. The minimum Gasteiger partial charge on any atom is -0.506 e. The van der Waals surface area contributed by atoms with Gasteiger partial charge in [-0.1, -0.05) is 41.9 Å². The number of hydrogen-bond donors (Lipinski definition) is 1. The van der Waals surface area contributed by atoms with Gasteiger partial charge in [0.05, 0.1) is 5.02 Å². The molecule has 16 heavy (non-hydrogen) atoms. The van der Waals surface area contributed by atoms with Crippen molar-refractivity contribution in [1.82, 2.24) is 0 Å². The van der Waals surface area contributed by atoms with Crippen LogP contribution in [0.15, 0.2) is 42.5 Å². The molecule has 1 N–H and O–H groups in total. The molecule has 0 radical (unpaired) electrons. The maximum Gasteiger partial charge on any atom is 0.150 e. The summed E-state index contributed by atoms with van der Waals surface area (Å²) in [6.07, 6.45) is 0.793. The Morgan fingerprint density at radius 1 is 1.12 bits per heavy atom. The molecule has 0 heterocycles. The van der Waals surface area contributed by atoms with E-state index in [1.807, 2.05) is 12.1 Å². The largest absolute Gasteiger partial charge is 0.506 e. The first-order valence-electron chi connectivity index (χ1n) is 4.75. The number of halogens is 1. The van der Waals surface area contributed by atoms with E-state index in [0.717, 1.165) is 17.4 Å². The number of carbonyl (C=O) groups excluding carboxylic acids is 1. The Hall–Kier alpha value is -1.80. The highest BCUT2D eigenvalue weighted by Crippen LogP contribution is 2.30. The normalized spacial score (nSPS) is 10.1. The van der Waals surface area contributed by atoms with Gasteiger partial charge in [-0.3, -0.25) is 4.79 Å². The van der Waals surface area contributed by atoms with Gasteiger partial charge in [-0.25, -0.2) is 0 Å². The molecule has 2 aromatic rings. The molecule has 0 aliphatic heterocycles. The maximum absolute atomic E-state index is 10.9. The fourth-order valence-electron chi connectivity index (χ4n) is 1.54. The van der Waals surface area contributed by atoms with Crippen LogP contribution in [0, 0.1) is 0 Å². The van der Waals surface area contributed by atoms with Crippen LogP contribution in [0.25, 0.3) is 11.1 Å². The number of aldehydes is 1. The molecular weight excluding hydrogens is 224 g/mol. The number of benzene rings is 2. The van der Waals surface area contributed by atoms with Gasteiger partial charge in [-0.05, 0) is 23.3 Å². The van der Waals surface area contributed by atoms with Gasteiger partial charge in [0.2, 0.25) is 0 Å². The fraction of sp³-hybridized carbons (Fsp3) is 0. The van der Waals surface area contributed by atoms with Crippen molar-refractivity contribution in [2.45, 2.75) is 0 Å². The molecular formula is C13H9ClO2. The zero-order chi connectivity index (χ0) is 11.5. The van der Waals surface area contributed by atoms with Crippen molar-refractivity contribution in [3.05, 3.63) is 53.1 Å². The summed E-state index contributed by atoms with van der Waals surface area (Å²) in [6.45, 7) is 0. The van der Waals surface area contributed by atoms with Gasteiger partial charge in [0, 0.05) is 5.56 Å². The van der Waals surface area contributed by atoms with E-state index in [-0.39, 0.29) is 5.75 Å². The zero-order valence-electron chi connectivity index (χ0n) is 8.35. The lowest BCUT2D eigenvalue weighted by molar-refractivity contribution is 0.112. The molecule has 0 fully saturated rings. The SMILES string of the molecule is O=Cc1ccccc1-c1ccc(Cl)c(O)c1. The second kappa shape index (κ2) is 4.37. The average Bonchev–Trinajstić information content (AvgIpc) is 2.32. The molecule has 2 rings (SSSR count). The lowest BCUT2D eigenvalue weighted by Gasteiger charge is -2.05. The van der Waals surface area contributed by atoms with E-state index in [4.69, 9.17) is 11.6 Å². The lowest BCUT2D eigenvalue weighted by atomic mass is 10.0. The summed E-state index contributed by atoms with van der Waals surface area (Å²) in [5, 5.41) is 9.80. The molecule has 0 saturated heterocycles. The van der Waals surface area contributed by atoms with Crippen molar-refractivity contribution in [3.8, 4) is 16.9 Å². The number of aromatic hydroxyl groups is 1. The van der Waals surface area contributed by atoms with Gasteiger partial charge in [0.15, 0.2) is 6.29 Å². The Labute approximate surface area is 98.1 Å². The van der Waals surface area contributed by atoms with Crippen molar-refractivity contribution in [3.63, 3.8) is 0 Å². The number of carbonyl (C=O) groups is 1. The Morgan fingerprint density at radius 2 is 1.88 bits per heavy atom. The summed E-state index contributed by atoms with van der Waals surface area (Å²) in [5.74, 6) is 0.0138. The van der Waals surface area contributed by atoms with Crippen LogP contribution < -0.4 is 0 Å². The Balaban J connectivity index is 2.58. The van der Waals surface area contributed by atoms with Gasteiger partial charge in [-0.2, -0.15) is 0 Å². The molecule has 2 nitrogen and oxygen atoms in total.